The molecule has 0 unspecified atom stereocenters. The van der Waals surface area contributed by atoms with Gasteiger partial charge in [-0.25, -0.2) is 0 Å². The Balaban J connectivity index is 2.25. The van der Waals surface area contributed by atoms with E-state index >= 15 is 0 Å². The minimum Gasteiger partial charge on any atom is -0.383 e. The third-order valence-electron chi connectivity index (χ3n) is 2.69. The highest BCUT2D eigenvalue weighted by Crippen LogP contribution is 2.31. The van der Waals surface area contributed by atoms with Crippen molar-refractivity contribution in [2.24, 2.45) is 0 Å². The summed E-state index contributed by atoms with van der Waals surface area (Å²) in [5, 5.41) is 10.2. The van der Waals surface area contributed by atoms with Gasteiger partial charge in [0.2, 0.25) is 0 Å². The number of nitriles is 1. The predicted molar refractivity (Wildman–Crippen MR) is 79.0 cm³/mol. The first-order valence-corrected chi connectivity index (χ1v) is 7.09. The topological polar surface area (TPSA) is 62.0 Å². The molecule has 7 heteroatoms. The largest absolute Gasteiger partial charge is 0.383 e. The molecule has 0 saturated carbocycles. The molecule has 0 radical (unpaired) electrons. The highest BCUT2D eigenvalue weighted by atomic mass is 35.5. The maximum atomic E-state index is 9.19. The second-order valence-electron chi connectivity index (χ2n) is 4.04. The molecule has 0 saturated heterocycles. The highest BCUT2D eigenvalue weighted by Gasteiger charge is 2.18. The second-order valence-corrected chi connectivity index (χ2v) is 5.15. The molecule has 2 rings (SSSR count). The Morgan fingerprint density at radius 1 is 1.55 bits per heavy atom. The van der Waals surface area contributed by atoms with Crippen LogP contribution in [0.25, 0.3) is 0 Å². The van der Waals surface area contributed by atoms with E-state index in [1.165, 1.54) is 11.5 Å². The minimum absolute atomic E-state index is 0.251. The number of hydrogen-bond donors (Lipinski definition) is 0. The van der Waals surface area contributed by atoms with Crippen molar-refractivity contribution in [1.29, 1.82) is 5.26 Å². The van der Waals surface area contributed by atoms with Crippen molar-refractivity contribution in [3.8, 4) is 6.07 Å². The van der Waals surface area contributed by atoms with Crippen molar-refractivity contribution in [1.82, 2.24) is 9.36 Å². The number of nitrogens with zero attached hydrogens (tertiary/aromatic N) is 4. The summed E-state index contributed by atoms with van der Waals surface area (Å²) in [6, 6.07) is 5.98. The van der Waals surface area contributed by atoms with E-state index in [1.54, 1.807) is 19.5 Å². The quantitative estimate of drug-likeness (QED) is 0.821. The number of halogens is 1. The Labute approximate surface area is 126 Å². The Morgan fingerprint density at radius 2 is 2.40 bits per heavy atom. The number of pyridine rings is 1. The molecule has 2 aromatic rings. The third kappa shape index (κ3) is 3.45. The molecule has 0 aliphatic rings. The van der Waals surface area contributed by atoms with Gasteiger partial charge in [-0.05, 0) is 23.2 Å². The fourth-order valence-electron chi connectivity index (χ4n) is 1.74. The van der Waals surface area contributed by atoms with Gasteiger partial charge in [0.25, 0.3) is 0 Å². The average molecular weight is 309 g/mol. The summed E-state index contributed by atoms with van der Waals surface area (Å²) in [6.45, 7) is 1.84. The fourth-order valence-corrected chi connectivity index (χ4v) is 2.79. The molecule has 0 N–H and O–H groups in total. The van der Waals surface area contributed by atoms with Gasteiger partial charge in [0.15, 0.2) is 5.15 Å². The molecule has 0 aliphatic carbocycles. The molecule has 2 heterocycles. The van der Waals surface area contributed by atoms with Crippen LogP contribution in [0.15, 0.2) is 24.5 Å². The van der Waals surface area contributed by atoms with Crippen LogP contribution in [0.3, 0.4) is 0 Å². The molecule has 0 amide bonds. The number of methoxy groups -OCH3 is 1. The summed E-state index contributed by atoms with van der Waals surface area (Å²) in [5.41, 5.74) is 1.47. The SMILES string of the molecule is COCCN(Cc1cccnc1)c1snc(Cl)c1C#N. The molecule has 0 atom stereocenters. The van der Waals surface area contributed by atoms with Crippen LogP contribution in [-0.2, 0) is 11.3 Å². The average Bonchev–Trinajstić information content (AvgIpc) is 2.85. The molecule has 104 valence electrons. The number of aromatic nitrogens is 2. The predicted octanol–water partition coefficient (Wildman–Crippen LogP) is 2.72. The lowest BCUT2D eigenvalue weighted by Crippen LogP contribution is -2.26. The minimum atomic E-state index is 0.251. The standard InChI is InChI=1S/C13H13ClN4OS/c1-19-6-5-18(9-10-3-2-4-16-8-10)13-11(7-15)12(14)17-20-13/h2-4,8H,5-6,9H2,1H3. The van der Waals surface area contributed by atoms with Crippen LogP contribution < -0.4 is 4.90 Å². The molecule has 5 nitrogen and oxygen atoms in total. The van der Waals surface area contributed by atoms with Crippen LogP contribution in [-0.4, -0.2) is 29.6 Å². The zero-order valence-corrected chi connectivity index (χ0v) is 12.5. The zero-order valence-electron chi connectivity index (χ0n) is 10.9. The maximum Gasteiger partial charge on any atom is 0.162 e. The summed E-state index contributed by atoms with van der Waals surface area (Å²) in [6.07, 6.45) is 3.53. The van der Waals surface area contributed by atoms with Crippen LogP contribution in [0.4, 0.5) is 5.00 Å². The summed E-state index contributed by atoms with van der Waals surface area (Å²) in [4.78, 5) is 6.13. The van der Waals surface area contributed by atoms with Crippen LogP contribution in [0, 0.1) is 11.3 Å². The summed E-state index contributed by atoms with van der Waals surface area (Å²) in [5.74, 6) is 0. The van der Waals surface area contributed by atoms with E-state index < -0.39 is 0 Å². The second kappa shape index (κ2) is 7.20. The maximum absolute atomic E-state index is 9.19. The molecular weight excluding hydrogens is 296 g/mol. The number of anilines is 1. The van der Waals surface area contributed by atoms with Gasteiger partial charge in [0, 0.05) is 32.6 Å². The Bertz CT molecular complexity index is 596. The Hall–Kier alpha value is -1.68. The van der Waals surface area contributed by atoms with E-state index in [0.717, 1.165) is 10.6 Å². The summed E-state index contributed by atoms with van der Waals surface area (Å²) < 4.78 is 9.17. The summed E-state index contributed by atoms with van der Waals surface area (Å²) >= 11 is 7.16. The van der Waals surface area contributed by atoms with E-state index in [-0.39, 0.29) is 5.15 Å². The Kier molecular flexibility index (Phi) is 5.30. The first-order valence-electron chi connectivity index (χ1n) is 5.94. The molecule has 20 heavy (non-hydrogen) atoms. The molecular formula is C13H13ClN4OS. The van der Waals surface area contributed by atoms with E-state index in [2.05, 4.69) is 15.4 Å². The van der Waals surface area contributed by atoms with Gasteiger partial charge in [0.05, 0.1) is 6.61 Å². The van der Waals surface area contributed by atoms with E-state index in [4.69, 9.17) is 16.3 Å². The highest BCUT2D eigenvalue weighted by molar-refractivity contribution is 7.10. The van der Waals surface area contributed by atoms with Gasteiger partial charge in [0.1, 0.15) is 16.6 Å². The van der Waals surface area contributed by atoms with Crippen LogP contribution in [0.2, 0.25) is 5.15 Å². The van der Waals surface area contributed by atoms with Gasteiger partial charge >= 0.3 is 0 Å². The third-order valence-corrected chi connectivity index (χ3v) is 3.98. The van der Waals surface area contributed by atoms with Gasteiger partial charge in [-0.1, -0.05) is 17.7 Å². The lowest BCUT2D eigenvalue weighted by atomic mass is 10.2. The normalized spacial score (nSPS) is 10.2. The number of rotatable bonds is 6. The van der Waals surface area contributed by atoms with Crippen molar-refractivity contribution < 1.29 is 4.74 Å². The van der Waals surface area contributed by atoms with Crippen molar-refractivity contribution in [3.05, 3.63) is 40.8 Å². The zero-order chi connectivity index (χ0) is 14.4. The lowest BCUT2D eigenvalue weighted by Gasteiger charge is -2.22. The van der Waals surface area contributed by atoms with Crippen LogP contribution >= 0.6 is 23.1 Å². The van der Waals surface area contributed by atoms with Gasteiger partial charge in [-0.3, -0.25) is 4.98 Å². The Morgan fingerprint density at radius 3 is 3.05 bits per heavy atom. The van der Waals surface area contributed by atoms with Crippen molar-refractivity contribution in [2.45, 2.75) is 6.54 Å². The summed E-state index contributed by atoms with van der Waals surface area (Å²) in [7, 11) is 1.65. The first kappa shape index (κ1) is 14.7. The van der Waals surface area contributed by atoms with Crippen LogP contribution in [0.1, 0.15) is 11.1 Å². The van der Waals surface area contributed by atoms with Crippen molar-refractivity contribution >= 4 is 28.1 Å². The van der Waals surface area contributed by atoms with Crippen molar-refractivity contribution in [3.63, 3.8) is 0 Å². The van der Waals surface area contributed by atoms with Crippen LogP contribution in [0.5, 0.6) is 0 Å². The smallest absolute Gasteiger partial charge is 0.162 e. The van der Waals surface area contributed by atoms with E-state index in [0.29, 0.717) is 25.3 Å². The molecule has 0 spiro atoms. The van der Waals surface area contributed by atoms with Gasteiger partial charge in [-0.2, -0.15) is 9.64 Å². The van der Waals surface area contributed by atoms with Gasteiger partial charge in [-0.15, -0.1) is 0 Å². The molecule has 0 fully saturated rings. The van der Waals surface area contributed by atoms with Crippen molar-refractivity contribution in [2.75, 3.05) is 25.2 Å². The molecule has 2 aromatic heterocycles. The number of ether oxygens (including phenoxy) is 1. The fraction of sp³-hybridized carbons (Fsp3) is 0.308. The van der Waals surface area contributed by atoms with Gasteiger partial charge < -0.3 is 9.64 Å². The molecule has 0 aromatic carbocycles. The first-order chi connectivity index (χ1) is 9.76. The molecule has 0 bridgehead atoms. The van der Waals surface area contributed by atoms with E-state index in [1.807, 2.05) is 17.0 Å². The monoisotopic (exact) mass is 308 g/mol. The number of hydrogen-bond acceptors (Lipinski definition) is 6. The lowest BCUT2D eigenvalue weighted by molar-refractivity contribution is 0.205. The van der Waals surface area contributed by atoms with E-state index in [9.17, 15) is 5.26 Å². The molecule has 0 aliphatic heterocycles.